The molecule has 0 amide bonds. The molecule has 2 N–H and O–H groups in total. The number of allylic oxidation sites excluding steroid dienone is 3. The number of halogens is 4. The minimum absolute atomic E-state index is 0.0977. The number of nitrogens with zero attached hydrogens (tertiary/aromatic N) is 2. The molecule has 5 nitrogen and oxygen atoms in total. The van der Waals surface area contributed by atoms with Crippen LogP contribution < -0.4 is 15.4 Å². The highest BCUT2D eigenvalue weighted by Crippen LogP contribution is 2.47. The summed E-state index contributed by atoms with van der Waals surface area (Å²) in [5.41, 5.74) is 10.8. The number of hydrogen-bond acceptors (Lipinski definition) is 5. The molecule has 2 aliphatic rings. The number of anilines is 1. The zero-order valence-corrected chi connectivity index (χ0v) is 23.2. The predicted octanol–water partition coefficient (Wildman–Crippen LogP) is 7.86. The Balaban J connectivity index is 1.62. The van der Waals surface area contributed by atoms with Crippen LogP contribution in [0.2, 0.25) is 5.02 Å². The lowest BCUT2D eigenvalue weighted by Crippen LogP contribution is -2.39. The number of carbonyl (C=O) groups excluding carboxylic acids is 1. The van der Waals surface area contributed by atoms with Crippen LogP contribution in [0.5, 0.6) is 5.75 Å². The van der Waals surface area contributed by atoms with Gasteiger partial charge < -0.3 is 10.5 Å². The summed E-state index contributed by atoms with van der Waals surface area (Å²) in [4.78, 5) is 15.1. The van der Waals surface area contributed by atoms with E-state index >= 15 is 0 Å². The Labute approximate surface area is 241 Å². The number of ketones is 1. The molecule has 9 heteroatoms. The Morgan fingerprint density at radius 1 is 1.10 bits per heavy atom. The number of hydrogen-bond donors (Lipinski definition) is 1. The Morgan fingerprint density at radius 3 is 2.46 bits per heavy atom. The highest BCUT2D eigenvalue weighted by molar-refractivity contribution is 6.32. The number of Topliss-reactive ketones (excluding diaryl/α,β-unsaturated/α-hetero) is 1. The summed E-state index contributed by atoms with van der Waals surface area (Å²) in [6.07, 6.45) is -3.13. The van der Waals surface area contributed by atoms with Gasteiger partial charge >= 0.3 is 6.18 Å². The zero-order chi connectivity index (χ0) is 29.5. The average Bonchev–Trinajstić information content (AvgIpc) is 2.93. The molecule has 1 aliphatic carbocycles. The van der Waals surface area contributed by atoms with Gasteiger partial charge in [-0.2, -0.15) is 18.4 Å². The molecule has 3 aromatic carbocycles. The van der Waals surface area contributed by atoms with Gasteiger partial charge in [0.2, 0.25) is 0 Å². The SMILES string of the molecule is Cc1cc(COc2ccccc2Cl)c(C)c(C2C(C#N)=C(N)N(c3ccc(C(F)(F)F)cc3)C3=C2C(=O)CCC3)c1. The molecule has 3 aromatic rings. The molecule has 1 aliphatic heterocycles. The minimum Gasteiger partial charge on any atom is -0.487 e. The van der Waals surface area contributed by atoms with Gasteiger partial charge in [-0.05, 0) is 79.8 Å². The summed E-state index contributed by atoms with van der Waals surface area (Å²) in [7, 11) is 0. The van der Waals surface area contributed by atoms with Gasteiger partial charge in [0.15, 0.2) is 5.78 Å². The summed E-state index contributed by atoms with van der Waals surface area (Å²) < 4.78 is 45.7. The Bertz CT molecular complexity index is 1640. The molecular formula is C32H27ClF3N3O2. The van der Waals surface area contributed by atoms with E-state index < -0.39 is 17.7 Å². The maximum absolute atomic E-state index is 13.5. The molecule has 1 unspecified atom stereocenters. The van der Waals surface area contributed by atoms with Crippen LogP contribution in [-0.4, -0.2) is 5.78 Å². The molecule has 1 heterocycles. The van der Waals surface area contributed by atoms with Crippen LogP contribution in [0.4, 0.5) is 18.9 Å². The lowest BCUT2D eigenvalue weighted by Gasteiger charge is -2.40. The number of nitrogens with two attached hydrogens (primary N) is 1. The zero-order valence-electron chi connectivity index (χ0n) is 22.5. The standard InChI is InChI=1S/C32H27ClF3N3O2/c1-18-14-20(17-41-28-9-4-3-6-25(28)33)19(2)23(15-18)29-24(16-37)31(38)39(26-7-5-8-27(40)30(26)29)22-12-10-21(11-13-22)32(34,35)36/h3-4,6,9-15,29H,5,7-8,17,38H2,1-2H3. The third-order valence-corrected chi connectivity index (χ3v) is 7.91. The van der Waals surface area contributed by atoms with Gasteiger partial charge in [0, 0.05) is 23.4 Å². The van der Waals surface area contributed by atoms with Crippen LogP contribution in [-0.2, 0) is 17.6 Å². The van der Waals surface area contributed by atoms with Gasteiger partial charge in [-0.3, -0.25) is 9.69 Å². The van der Waals surface area contributed by atoms with Gasteiger partial charge in [-0.25, -0.2) is 0 Å². The maximum Gasteiger partial charge on any atom is 0.416 e. The Kier molecular flexibility index (Phi) is 7.58. The van der Waals surface area contributed by atoms with E-state index in [-0.39, 0.29) is 23.8 Å². The number of ether oxygens (including phenoxy) is 1. The molecule has 0 spiro atoms. The average molecular weight is 578 g/mol. The smallest absolute Gasteiger partial charge is 0.416 e. The van der Waals surface area contributed by atoms with E-state index in [1.807, 2.05) is 38.1 Å². The molecule has 0 fully saturated rings. The molecule has 0 aromatic heterocycles. The minimum atomic E-state index is -4.49. The van der Waals surface area contributed by atoms with Crippen LogP contribution >= 0.6 is 11.6 Å². The largest absolute Gasteiger partial charge is 0.487 e. The normalized spacial score (nSPS) is 17.4. The van der Waals surface area contributed by atoms with Gasteiger partial charge in [-0.1, -0.05) is 41.4 Å². The third-order valence-electron chi connectivity index (χ3n) is 7.60. The maximum atomic E-state index is 13.5. The first-order chi connectivity index (χ1) is 19.5. The molecule has 1 atom stereocenters. The van der Waals surface area contributed by atoms with Crippen molar-refractivity contribution in [2.75, 3.05) is 4.90 Å². The van der Waals surface area contributed by atoms with E-state index in [0.29, 0.717) is 47.0 Å². The van der Waals surface area contributed by atoms with Crippen molar-refractivity contribution in [1.29, 1.82) is 5.26 Å². The summed E-state index contributed by atoms with van der Waals surface area (Å²) >= 11 is 6.27. The van der Waals surface area contributed by atoms with Crippen molar-refractivity contribution < 1.29 is 22.7 Å². The highest BCUT2D eigenvalue weighted by Gasteiger charge is 2.41. The first kappa shape index (κ1) is 28.3. The van der Waals surface area contributed by atoms with E-state index in [1.165, 1.54) is 12.1 Å². The molecule has 0 radical (unpaired) electrons. The van der Waals surface area contributed by atoms with Crippen molar-refractivity contribution in [3.8, 4) is 11.8 Å². The monoisotopic (exact) mass is 577 g/mol. The fourth-order valence-electron chi connectivity index (χ4n) is 5.62. The van der Waals surface area contributed by atoms with Crippen molar-refractivity contribution in [2.24, 2.45) is 5.73 Å². The van der Waals surface area contributed by atoms with Crippen LogP contribution in [0.15, 0.2) is 83.3 Å². The fourth-order valence-corrected chi connectivity index (χ4v) is 5.81. The molecule has 0 saturated carbocycles. The fraction of sp³-hybridized carbons (Fsp3) is 0.250. The number of carbonyl (C=O) groups is 1. The highest BCUT2D eigenvalue weighted by atomic mass is 35.5. The summed E-state index contributed by atoms with van der Waals surface area (Å²) in [6.45, 7) is 4.06. The molecular weight excluding hydrogens is 551 g/mol. The molecule has 0 bridgehead atoms. The van der Waals surface area contributed by atoms with Gasteiger partial charge in [-0.15, -0.1) is 0 Å². The lowest BCUT2D eigenvalue weighted by molar-refractivity contribution is -0.137. The van der Waals surface area contributed by atoms with Crippen molar-refractivity contribution in [3.05, 3.63) is 116 Å². The van der Waals surface area contributed by atoms with E-state index in [9.17, 15) is 23.2 Å². The molecule has 5 rings (SSSR count). The molecule has 0 saturated heterocycles. The topological polar surface area (TPSA) is 79.3 Å². The van der Waals surface area contributed by atoms with Gasteiger partial charge in [0.25, 0.3) is 0 Å². The second-order valence-electron chi connectivity index (χ2n) is 10.2. The molecule has 210 valence electrons. The second-order valence-corrected chi connectivity index (χ2v) is 10.6. The van der Waals surface area contributed by atoms with E-state index in [1.54, 1.807) is 17.0 Å². The van der Waals surface area contributed by atoms with Crippen LogP contribution in [0.1, 0.15) is 53.0 Å². The summed E-state index contributed by atoms with van der Waals surface area (Å²) in [6, 6.07) is 17.9. The van der Waals surface area contributed by atoms with Crippen LogP contribution in [0.3, 0.4) is 0 Å². The van der Waals surface area contributed by atoms with Crippen LogP contribution in [0.25, 0.3) is 0 Å². The molecule has 41 heavy (non-hydrogen) atoms. The van der Waals surface area contributed by atoms with E-state index in [4.69, 9.17) is 22.1 Å². The van der Waals surface area contributed by atoms with E-state index in [2.05, 4.69) is 6.07 Å². The predicted molar refractivity (Wildman–Crippen MR) is 151 cm³/mol. The quantitative estimate of drug-likeness (QED) is 0.334. The number of nitriles is 1. The Hall–Kier alpha value is -4.22. The first-order valence-electron chi connectivity index (χ1n) is 13.1. The summed E-state index contributed by atoms with van der Waals surface area (Å²) in [5.74, 6) is -0.188. The van der Waals surface area contributed by atoms with Crippen molar-refractivity contribution >= 4 is 23.1 Å². The third kappa shape index (κ3) is 5.30. The van der Waals surface area contributed by atoms with Crippen molar-refractivity contribution in [2.45, 2.75) is 51.8 Å². The van der Waals surface area contributed by atoms with Crippen LogP contribution in [0, 0.1) is 25.2 Å². The lowest BCUT2D eigenvalue weighted by atomic mass is 9.73. The number of rotatable bonds is 5. The van der Waals surface area contributed by atoms with Crippen molar-refractivity contribution in [3.63, 3.8) is 0 Å². The van der Waals surface area contributed by atoms with Crippen molar-refractivity contribution in [1.82, 2.24) is 0 Å². The Morgan fingerprint density at radius 2 is 1.80 bits per heavy atom. The first-order valence-corrected chi connectivity index (χ1v) is 13.5. The van der Waals surface area contributed by atoms with Gasteiger partial charge in [0.05, 0.1) is 28.1 Å². The number of para-hydroxylation sites is 1. The number of alkyl halides is 3. The van der Waals surface area contributed by atoms with E-state index in [0.717, 1.165) is 34.4 Å². The second kappa shape index (κ2) is 11.0. The number of benzene rings is 3. The summed E-state index contributed by atoms with van der Waals surface area (Å²) in [5, 5.41) is 10.8. The number of aryl methyl sites for hydroxylation is 1. The van der Waals surface area contributed by atoms with Gasteiger partial charge in [0.1, 0.15) is 18.2 Å².